The molecule has 2 N–H and O–H groups in total. The molecule has 0 spiro atoms. The largest absolute Gasteiger partial charge is 0.280 e. The lowest BCUT2D eigenvalue weighted by Crippen LogP contribution is -2.27. The molecular formula is C30H32N2. The number of hydrogen-bond acceptors (Lipinski definition) is 2. The van der Waals surface area contributed by atoms with Crippen LogP contribution in [0.5, 0.6) is 0 Å². The number of hydrazine groups is 1. The van der Waals surface area contributed by atoms with E-state index in [2.05, 4.69) is 137 Å². The summed E-state index contributed by atoms with van der Waals surface area (Å²) in [5.74, 6) is 6.65. The maximum absolute atomic E-state index is 6.65. The van der Waals surface area contributed by atoms with Crippen LogP contribution in [-0.2, 0) is 10.8 Å². The van der Waals surface area contributed by atoms with Gasteiger partial charge in [0.15, 0.2) is 0 Å². The summed E-state index contributed by atoms with van der Waals surface area (Å²) in [5, 5.41) is 1.79. The van der Waals surface area contributed by atoms with E-state index in [1.54, 1.807) is 5.01 Å². The average molecular weight is 421 g/mol. The number of benzene rings is 4. The van der Waals surface area contributed by atoms with Crippen LogP contribution in [0.3, 0.4) is 0 Å². The summed E-state index contributed by atoms with van der Waals surface area (Å²) in [5.41, 5.74) is 6.75. The molecule has 0 atom stereocenters. The van der Waals surface area contributed by atoms with Crippen molar-refractivity contribution < 1.29 is 0 Å². The standard InChI is InChI=1S/C30H32N2/c1-29(2,23-13-7-5-8-14-23)25-17-11-19-27(21-25)32(31)28-20-12-18-26(22-28)30(3,4)24-15-9-6-10-16-24/h5-22H,31H2,1-4H3. The van der Waals surface area contributed by atoms with Crippen LogP contribution in [0.4, 0.5) is 11.4 Å². The summed E-state index contributed by atoms with van der Waals surface area (Å²) in [6.07, 6.45) is 0. The molecule has 0 aliphatic rings. The highest BCUT2D eigenvalue weighted by Crippen LogP contribution is 2.36. The monoisotopic (exact) mass is 420 g/mol. The van der Waals surface area contributed by atoms with E-state index in [-0.39, 0.29) is 10.8 Å². The van der Waals surface area contributed by atoms with Crippen LogP contribution >= 0.6 is 0 Å². The first kappa shape index (κ1) is 21.9. The van der Waals surface area contributed by atoms with Crippen LogP contribution in [-0.4, -0.2) is 0 Å². The van der Waals surface area contributed by atoms with Gasteiger partial charge in [-0.25, -0.2) is 5.84 Å². The molecule has 0 aliphatic carbocycles. The fraction of sp³-hybridized carbons (Fsp3) is 0.200. The molecule has 0 bridgehead atoms. The first-order chi connectivity index (χ1) is 15.3. The van der Waals surface area contributed by atoms with Crippen molar-refractivity contribution in [3.8, 4) is 0 Å². The van der Waals surface area contributed by atoms with Gasteiger partial charge in [0.25, 0.3) is 0 Å². The molecule has 0 aliphatic heterocycles. The Morgan fingerprint density at radius 1 is 0.469 bits per heavy atom. The maximum Gasteiger partial charge on any atom is 0.0578 e. The molecule has 0 saturated carbocycles. The lowest BCUT2D eigenvalue weighted by molar-refractivity contribution is 0.640. The first-order valence-corrected chi connectivity index (χ1v) is 11.2. The highest BCUT2D eigenvalue weighted by Gasteiger charge is 2.25. The minimum atomic E-state index is -0.116. The molecule has 2 heteroatoms. The molecule has 32 heavy (non-hydrogen) atoms. The normalized spacial score (nSPS) is 11.9. The van der Waals surface area contributed by atoms with Gasteiger partial charge in [-0.2, -0.15) is 0 Å². The molecule has 0 heterocycles. The van der Waals surface area contributed by atoms with Crippen molar-refractivity contribution in [3.63, 3.8) is 0 Å². The predicted octanol–water partition coefficient (Wildman–Crippen LogP) is 7.35. The van der Waals surface area contributed by atoms with E-state index >= 15 is 0 Å². The molecule has 4 aromatic rings. The number of nitrogens with two attached hydrogens (primary N) is 1. The predicted molar refractivity (Wildman–Crippen MR) is 136 cm³/mol. The third-order valence-electron chi connectivity index (χ3n) is 6.68. The number of anilines is 2. The van der Waals surface area contributed by atoms with Gasteiger partial charge in [0, 0.05) is 10.8 Å². The van der Waals surface area contributed by atoms with E-state index in [0.717, 1.165) is 11.4 Å². The minimum Gasteiger partial charge on any atom is -0.280 e. The van der Waals surface area contributed by atoms with Gasteiger partial charge in [-0.15, -0.1) is 0 Å². The van der Waals surface area contributed by atoms with Crippen molar-refractivity contribution in [2.75, 3.05) is 5.01 Å². The molecule has 0 radical (unpaired) electrons. The minimum absolute atomic E-state index is 0.116. The van der Waals surface area contributed by atoms with Crippen molar-refractivity contribution in [2.24, 2.45) is 5.84 Å². The zero-order chi connectivity index (χ0) is 22.8. The van der Waals surface area contributed by atoms with Crippen LogP contribution in [0.25, 0.3) is 0 Å². The Bertz CT molecular complexity index is 1080. The van der Waals surface area contributed by atoms with Gasteiger partial charge in [0.1, 0.15) is 0 Å². The van der Waals surface area contributed by atoms with Crippen molar-refractivity contribution in [2.45, 2.75) is 38.5 Å². The second-order valence-corrected chi connectivity index (χ2v) is 9.45. The molecule has 0 fully saturated rings. The molecule has 4 aromatic carbocycles. The second kappa shape index (κ2) is 8.64. The fourth-order valence-electron chi connectivity index (χ4n) is 4.28. The SMILES string of the molecule is CC(C)(c1ccccc1)c1cccc(N(N)c2cccc(C(C)(C)c3ccccc3)c2)c1. The Hall–Kier alpha value is -3.36. The van der Waals surface area contributed by atoms with E-state index in [1.807, 2.05) is 0 Å². The van der Waals surface area contributed by atoms with Crippen molar-refractivity contribution in [1.29, 1.82) is 0 Å². The third-order valence-corrected chi connectivity index (χ3v) is 6.68. The summed E-state index contributed by atoms with van der Waals surface area (Å²) < 4.78 is 0. The molecule has 162 valence electrons. The van der Waals surface area contributed by atoms with Gasteiger partial charge < -0.3 is 0 Å². The smallest absolute Gasteiger partial charge is 0.0578 e. The van der Waals surface area contributed by atoms with Gasteiger partial charge in [-0.05, 0) is 46.5 Å². The van der Waals surface area contributed by atoms with Gasteiger partial charge in [0.2, 0.25) is 0 Å². The van der Waals surface area contributed by atoms with Crippen LogP contribution in [0.15, 0.2) is 109 Å². The summed E-state index contributed by atoms with van der Waals surface area (Å²) >= 11 is 0. The lowest BCUT2D eigenvalue weighted by Gasteiger charge is -2.29. The highest BCUT2D eigenvalue weighted by atomic mass is 15.4. The zero-order valence-corrected chi connectivity index (χ0v) is 19.4. The van der Waals surface area contributed by atoms with Gasteiger partial charge in [-0.1, -0.05) is 113 Å². The molecule has 0 saturated heterocycles. The van der Waals surface area contributed by atoms with E-state index < -0.39 is 0 Å². The molecule has 2 nitrogen and oxygen atoms in total. The van der Waals surface area contributed by atoms with Crippen LogP contribution < -0.4 is 10.9 Å². The highest BCUT2D eigenvalue weighted by molar-refractivity contribution is 5.64. The summed E-state index contributed by atoms with van der Waals surface area (Å²) in [6, 6.07) is 38.3. The first-order valence-electron chi connectivity index (χ1n) is 11.2. The summed E-state index contributed by atoms with van der Waals surface area (Å²) in [7, 11) is 0. The van der Waals surface area contributed by atoms with E-state index in [0.29, 0.717) is 0 Å². The quantitative estimate of drug-likeness (QED) is 0.261. The van der Waals surface area contributed by atoms with Crippen molar-refractivity contribution in [3.05, 3.63) is 131 Å². The van der Waals surface area contributed by atoms with E-state index in [9.17, 15) is 0 Å². The number of nitrogens with zero attached hydrogens (tertiary/aromatic N) is 1. The average Bonchev–Trinajstić information content (AvgIpc) is 2.85. The Kier molecular flexibility index (Phi) is 5.90. The fourth-order valence-corrected chi connectivity index (χ4v) is 4.28. The Labute approximate surface area is 192 Å². The van der Waals surface area contributed by atoms with Crippen LogP contribution in [0.2, 0.25) is 0 Å². The Morgan fingerprint density at radius 3 is 1.19 bits per heavy atom. The molecule has 0 aromatic heterocycles. The maximum atomic E-state index is 6.65. The summed E-state index contributed by atoms with van der Waals surface area (Å²) in [4.78, 5) is 0. The van der Waals surface area contributed by atoms with Crippen molar-refractivity contribution in [1.82, 2.24) is 0 Å². The molecule has 4 rings (SSSR count). The second-order valence-electron chi connectivity index (χ2n) is 9.45. The number of hydrogen-bond donors (Lipinski definition) is 1. The Morgan fingerprint density at radius 2 is 0.812 bits per heavy atom. The van der Waals surface area contributed by atoms with Crippen LogP contribution in [0, 0.1) is 0 Å². The molecule has 0 unspecified atom stereocenters. The third kappa shape index (κ3) is 4.19. The zero-order valence-electron chi connectivity index (χ0n) is 19.4. The van der Waals surface area contributed by atoms with Crippen molar-refractivity contribution >= 4 is 11.4 Å². The lowest BCUT2D eigenvalue weighted by atomic mass is 9.78. The molecular weight excluding hydrogens is 388 g/mol. The van der Waals surface area contributed by atoms with Gasteiger partial charge in [-0.3, -0.25) is 5.01 Å². The van der Waals surface area contributed by atoms with E-state index in [4.69, 9.17) is 5.84 Å². The summed E-state index contributed by atoms with van der Waals surface area (Å²) in [6.45, 7) is 9.02. The number of rotatable bonds is 6. The van der Waals surface area contributed by atoms with Crippen LogP contribution in [0.1, 0.15) is 49.9 Å². The van der Waals surface area contributed by atoms with Gasteiger partial charge >= 0.3 is 0 Å². The molecule has 0 amide bonds. The topological polar surface area (TPSA) is 29.3 Å². The van der Waals surface area contributed by atoms with Gasteiger partial charge in [0.05, 0.1) is 11.4 Å². The Balaban J connectivity index is 1.67. The van der Waals surface area contributed by atoms with E-state index in [1.165, 1.54) is 22.3 Å².